The minimum Gasteiger partial charge on any atom is -0.381 e. The third-order valence-electron chi connectivity index (χ3n) is 8.82. The van der Waals surface area contributed by atoms with Crippen LogP contribution < -0.4 is 21.3 Å². The van der Waals surface area contributed by atoms with E-state index in [1.54, 1.807) is 7.11 Å². The van der Waals surface area contributed by atoms with Gasteiger partial charge in [0.15, 0.2) is 0 Å². The Labute approximate surface area is 216 Å². The summed E-state index contributed by atoms with van der Waals surface area (Å²) < 4.78 is 17.9. The maximum Gasteiger partial charge on any atom is 0.0744 e. The fraction of sp³-hybridized carbons (Fsp3) is 0.962. The van der Waals surface area contributed by atoms with Gasteiger partial charge in [0.1, 0.15) is 0 Å². The SMILES string of the molecule is CCOC1CC2NCC(C#N)C(NC3CCC(OCC4CC(OC)CCN4)C(Cl)C3)C2CC1NC. The number of nitriles is 1. The summed E-state index contributed by atoms with van der Waals surface area (Å²) in [6.07, 6.45) is 7.53. The number of likely N-dealkylation sites (N-methyl/N-ethyl adjacent to an activating group) is 1. The van der Waals surface area contributed by atoms with Crippen molar-refractivity contribution in [3.63, 3.8) is 0 Å². The lowest BCUT2D eigenvalue weighted by atomic mass is 9.69. The molecule has 0 bridgehead atoms. The molecule has 2 aliphatic heterocycles. The quantitative estimate of drug-likeness (QED) is 0.348. The van der Waals surface area contributed by atoms with Crippen LogP contribution in [0, 0.1) is 23.2 Å². The number of hydrogen-bond donors (Lipinski definition) is 4. The third kappa shape index (κ3) is 6.88. The Hall–Kier alpha value is -0.500. The van der Waals surface area contributed by atoms with Crippen LogP contribution in [0.2, 0.25) is 0 Å². The van der Waals surface area contributed by atoms with Crippen LogP contribution in [0.5, 0.6) is 0 Å². The summed E-state index contributed by atoms with van der Waals surface area (Å²) in [5, 5.41) is 24.5. The van der Waals surface area contributed by atoms with Crippen molar-refractivity contribution in [3.05, 3.63) is 0 Å². The fourth-order valence-corrected chi connectivity index (χ4v) is 7.26. The number of nitrogens with one attached hydrogen (secondary N) is 4. The van der Waals surface area contributed by atoms with E-state index >= 15 is 0 Å². The lowest BCUT2D eigenvalue weighted by Gasteiger charge is -2.50. The van der Waals surface area contributed by atoms with E-state index < -0.39 is 0 Å². The summed E-state index contributed by atoms with van der Waals surface area (Å²) in [5.41, 5.74) is 0. The molecule has 35 heavy (non-hydrogen) atoms. The minimum absolute atomic E-state index is 0.0140. The van der Waals surface area contributed by atoms with Gasteiger partial charge >= 0.3 is 0 Å². The molecule has 200 valence electrons. The molecule has 4 aliphatic rings. The Kier molecular flexibility index (Phi) is 10.5. The van der Waals surface area contributed by atoms with E-state index in [9.17, 15) is 5.26 Å². The predicted molar refractivity (Wildman–Crippen MR) is 138 cm³/mol. The zero-order valence-electron chi connectivity index (χ0n) is 21.7. The van der Waals surface area contributed by atoms with Gasteiger partial charge in [-0.15, -0.1) is 11.6 Å². The van der Waals surface area contributed by atoms with Gasteiger partial charge in [-0.3, -0.25) is 0 Å². The molecule has 0 amide bonds. The first-order chi connectivity index (χ1) is 17.1. The number of fused-ring (bicyclic) bond motifs is 1. The van der Waals surface area contributed by atoms with Crippen LogP contribution in [0.15, 0.2) is 0 Å². The molecular weight excluding hydrogens is 466 g/mol. The fourth-order valence-electron chi connectivity index (χ4n) is 6.85. The first-order valence-corrected chi connectivity index (χ1v) is 14.2. The summed E-state index contributed by atoms with van der Waals surface area (Å²) in [7, 11) is 3.82. The smallest absolute Gasteiger partial charge is 0.0744 e. The second-order valence-corrected chi connectivity index (χ2v) is 11.5. The molecule has 2 saturated carbocycles. The third-order valence-corrected chi connectivity index (χ3v) is 9.28. The van der Waals surface area contributed by atoms with E-state index in [0.29, 0.717) is 42.8 Å². The first kappa shape index (κ1) is 27.5. The van der Waals surface area contributed by atoms with E-state index in [4.69, 9.17) is 25.8 Å². The molecule has 4 rings (SSSR count). The molecule has 9 heteroatoms. The molecule has 0 spiro atoms. The van der Waals surface area contributed by atoms with Gasteiger partial charge in [-0.25, -0.2) is 0 Å². The highest BCUT2D eigenvalue weighted by Gasteiger charge is 2.47. The van der Waals surface area contributed by atoms with E-state index in [0.717, 1.165) is 64.6 Å². The van der Waals surface area contributed by atoms with E-state index in [1.165, 1.54) is 0 Å². The average molecular weight is 512 g/mol. The summed E-state index contributed by atoms with van der Waals surface area (Å²) in [5.74, 6) is 0.364. The van der Waals surface area contributed by atoms with E-state index in [-0.39, 0.29) is 29.5 Å². The zero-order valence-corrected chi connectivity index (χ0v) is 22.4. The number of halogens is 1. The lowest BCUT2D eigenvalue weighted by Crippen LogP contribution is -2.65. The second kappa shape index (κ2) is 13.3. The highest BCUT2D eigenvalue weighted by Crippen LogP contribution is 2.36. The van der Waals surface area contributed by atoms with Crippen molar-refractivity contribution in [3.8, 4) is 6.07 Å². The monoisotopic (exact) mass is 511 g/mol. The van der Waals surface area contributed by atoms with Crippen molar-refractivity contribution in [1.29, 1.82) is 5.26 Å². The normalized spacial score (nSPS) is 44.4. The molecule has 2 heterocycles. The summed E-state index contributed by atoms with van der Waals surface area (Å²) in [4.78, 5) is 0. The predicted octanol–water partition coefficient (Wildman–Crippen LogP) is 1.77. The number of nitrogens with zero attached hydrogens (tertiary/aromatic N) is 1. The molecule has 0 aromatic heterocycles. The van der Waals surface area contributed by atoms with Crippen LogP contribution in [0.4, 0.5) is 0 Å². The number of piperidine rings is 2. The molecular formula is C26H46ClN5O3. The Bertz CT molecular complexity index is 696. The van der Waals surface area contributed by atoms with Gasteiger partial charge in [-0.1, -0.05) is 0 Å². The zero-order chi connectivity index (χ0) is 24.8. The second-order valence-electron chi connectivity index (χ2n) is 10.9. The molecule has 8 nitrogen and oxygen atoms in total. The number of hydrogen-bond acceptors (Lipinski definition) is 8. The maximum atomic E-state index is 9.93. The Morgan fingerprint density at radius 1 is 1.06 bits per heavy atom. The van der Waals surface area contributed by atoms with Crippen LogP contribution in [0.1, 0.15) is 51.9 Å². The maximum absolute atomic E-state index is 9.93. The number of methoxy groups -OCH3 is 1. The molecule has 2 aliphatic carbocycles. The largest absolute Gasteiger partial charge is 0.381 e. The van der Waals surface area contributed by atoms with Crippen molar-refractivity contribution < 1.29 is 14.2 Å². The lowest BCUT2D eigenvalue weighted by molar-refractivity contribution is -0.0302. The topological polar surface area (TPSA) is 99.6 Å². The van der Waals surface area contributed by atoms with Gasteiger partial charge < -0.3 is 35.5 Å². The van der Waals surface area contributed by atoms with Crippen LogP contribution in [0.25, 0.3) is 0 Å². The molecule has 4 fully saturated rings. The molecule has 11 unspecified atom stereocenters. The van der Waals surface area contributed by atoms with Crippen LogP contribution in [-0.4, -0.2) is 94.4 Å². The Morgan fingerprint density at radius 2 is 1.91 bits per heavy atom. The molecule has 0 radical (unpaired) electrons. The van der Waals surface area contributed by atoms with Crippen molar-refractivity contribution in [2.75, 3.05) is 40.5 Å². The number of alkyl halides is 1. The molecule has 0 aromatic rings. The van der Waals surface area contributed by atoms with Crippen LogP contribution in [0.3, 0.4) is 0 Å². The van der Waals surface area contributed by atoms with Crippen LogP contribution >= 0.6 is 11.6 Å². The average Bonchev–Trinajstić information content (AvgIpc) is 2.88. The van der Waals surface area contributed by atoms with Gasteiger partial charge in [0.05, 0.1) is 42.3 Å². The number of rotatable bonds is 9. The van der Waals surface area contributed by atoms with Gasteiger partial charge in [0.25, 0.3) is 0 Å². The minimum atomic E-state index is -0.0359. The van der Waals surface area contributed by atoms with Crippen molar-refractivity contribution >= 4 is 11.6 Å². The first-order valence-electron chi connectivity index (χ1n) is 13.8. The molecule has 2 saturated heterocycles. The highest BCUT2D eigenvalue weighted by molar-refractivity contribution is 6.21. The molecule has 4 N–H and O–H groups in total. The van der Waals surface area contributed by atoms with Gasteiger partial charge in [0.2, 0.25) is 0 Å². The standard InChI is InChI=1S/C26H46ClN5O3/c1-4-34-25-12-22-20(11-23(25)29-2)26(16(13-28)14-31-22)32-17-5-6-24(21(27)10-17)35-15-18-9-19(33-3)7-8-30-18/h16-26,29-32H,4-12,14-15H2,1-3H3. The molecule has 11 atom stereocenters. The Morgan fingerprint density at radius 3 is 2.63 bits per heavy atom. The highest BCUT2D eigenvalue weighted by atomic mass is 35.5. The van der Waals surface area contributed by atoms with Gasteiger partial charge in [-0.2, -0.15) is 5.26 Å². The molecule has 0 aromatic carbocycles. The van der Waals surface area contributed by atoms with Gasteiger partial charge in [0, 0.05) is 50.5 Å². The number of ether oxygens (including phenoxy) is 3. The van der Waals surface area contributed by atoms with E-state index in [1.807, 2.05) is 7.05 Å². The van der Waals surface area contributed by atoms with E-state index in [2.05, 4.69) is 34.3 Å². The summed E-state index contributed by atoms with van der Waals surface area (Å²) >= 11 is 6.86. The van der Waals surface area contributed by atoms with Crippen molar-refractivity contribution in [2.45, 2.75) is 106 Å². The van der Waals surface area contributed by atoms with Gasteiger partial charge in [-0.05, 0) is 71.4 Å². The van der Waals surface area contributed by atoms with Crippen LogP contribution in [-0.2, 0) is 14.2 Å². The van der Waals surface area contributed by atoms with Crippen molar-refractivity contribution in [2.24, 2.45) is 11.8 Å². The summed E-state index contributed by atoms with van der Waals surface area (Å²) in [6.45, 7) is 5.19. The summed E-state index contributed by atoms with van der Waals surface area (Å²) in [6, 6.07) is 4.10. The van der Waals surface area contributed by atoms with Crippen molar-refractivity contribution in [1.82, 2.24) is 21.3 Å². The Balaban J connectivity index is 1.30.